The summed E-state index contributed by atoms with van der Waals surface area (Å²) < 4.78 is 25.3. The summed E-state index contributed by atoms with van der Waals surface area (Å²) in [5, 5.41) is 5.82. The highest BCUT2D eigenvalue weighted by atomic mass is 127. The first-order valence-corrected chi connectivity index (χ1v) is 14.1. The minimum Gasteiger partial charge on any atom is -0.490 e. The summed E-state index contributed by atoms with van der Waals surface area (Å²) in [7, 11) is 1.30. The Morgan fingerprint density at radius 2 is 2.00 bits per heavy atom. The fourth-order valence-electron chi connectivity index (χ4n) is 4.07. The number of benzene rings is 3. The zero-order valence-electron chi connectivity index (χ0n) is 21.7. The first-order valence-electron chi connectivity index (χ1n) is 12.3. The zero-order chi connectivity index (χ0) is 28.4. The van der Waals surface area contributed by atoms with Crippen molar-refractivity contribution in [1.29, 1.82) is 0 Å². The number of ether oxygens (including phenoxy) is 3. The number of carbonyl (C=O) groups is 1. The first kappa shape index (κ1) is 27.8. The van der Waals surface area contributed by atoms with Gasteiger partial charge in [0.15, 0.2) is 23.4 Å². The Bertz CT molecular complexity index is 1830. The van der Waals surface area contributed by atoms with E-state index in [9.17, 15) is 9.59 Å². The number of nitrogens with zero attached hydrogens (tertiary/aromatic N) is 3. The van der Waals surface area contributed by atoms with Crippen molar-refractivity contribution in [2.75, 3.05) is 13.7 Å². The summed E-state index contributed by atoms with van der Waals surface area (Å²) >= 11 is 5.58. The highest BCUT2D eigenvalue weighted by Crippen LogP contribution is 2.35. The quantitative estimate of drug-likeness (QED) is 0.104. The topological polar surface area (TPSA) is 105 Å². The van der Waals surface area contributed by atoms with E-state index in [1.807, 2.05) is 43.3 Å². The van der Waals surface area contributed by atoms with Crippen molar-refractivity contribution in [2.45, 2.75) is 20.0 Å². The van der Waals surface area contributed by atoms with Gasteiger partial charge in [-0.1, -0.05) is 28.1 Å². The molecule has 0 aliphatic carbocycles. The lowest BCUT2D eigenvalue weighted by molar-refractivity contribution is -0.148. The Kier molecular flexibility index (Phi) is 8.22. The summed E-state index contributed by atoms with van der Waals surface area (Å²) in [5.41, 5.74) is 1.49. The molecule has 40 heavy (non-hydrogen) atoms. The van der Waals surface area contributed by atoms with Gasteiger partial charge in [0.25, 0.3) is 5.56 Å². The lowest BCUT2D eigenvalue weighted by Gasteiger charge is -2.17. The number of carbonyl (C=O) groups excluding carboxylic acids is 1. The average molecular weight is 716 g/mol. The van der Waals surface area contributed by atoms with Crippen LogP contribution in [0.2, 0.25) is 0 Å². The molecule has 0 spiro atoms. The van der Waals surface area contributed by atoms with Crippen LogP contribution in [-0.4, -0.2) is 41.7 Å². The minimum atomic E-state index is -0.827. The molecule has 0 unspecified atom stereocenters. The summed E-state index contributed by atoms with van der Waals surface area (Å²) in [4.78, 5) is 30.2. The van der Waals surface area contributed by atoms with Crippen LogP contribution in [0.15, 0.2) is 79.4 Å². The third-order valence-electron chi connectivity index (χ3n) is 5.93. The Hall–Kier alpha value is -3.71. The van der Waals surface area contributed by atoms with E-state index in [1.165, 1.54) is 11.8 Å². The number of para-hydroxylation sites is 1. The molecule has 2 aromatic heterocycles. The number of esters is 1. The number of hydrogen-bond acceptors (Lipinski definition) is 8. The van der Waals surface area contributed by atoms with Crippen LogP contribution in [0.3, 0.4) is 0 Å². The van der Waals surface area contributed by atoms with Gasteiger partial charge in [-0.3, -0.25) is 4.79 Å². The lowest BCUT2D eigenvalue weighted by Crippen LogP contribution is -2.25. The smallest absolute Gasteiger partial charge is 0.346 e. The molecule has 0 radical (unpaired) electrons. The molecule has 9 nitrogen and oxygen atoms in total. The molecule has 0 fully saturated rings. The number of halogens is 2. The van der Waals surface area contributed by atoms with Crippen molar-refractivity contribution in [1.82, 2.24) is 9.66 Å². The SMILES string of the molecule is CCOc1cc(C=Nn2c(-c3cc4cc(Br)ccc4o3)nc3ccccc3c2=O)cc(I)c1O[C@H](C)C(=O)OC. The zero-order valence-corrected chi connectivity index (χ0v) is 25.4. The van der Waals surface area contributed by atoms with E-state index in [1.54, 1.807) is 37.4 Å². The third kappa shape index (κ3) is 5.61. The van der Waals surface area contributed by atoms with Crippen molar-refractivity contribution < 1.29 is 23.4 Å². The Balaban J connectivity index is 1.61. The van der Waals surface area contributed by atoms with Gasteiger partial charge in [0.1, 0.15) is 5.58 Å². The van der Waals surface area contributed by atoms with Crippen LogP contribution in [0.4, 0.5) is 0 Å². The van der Waals surface area contributed by atoms with E-state index in [-0.39, 0.29) is 11.4 Å². The van der Waals surface area contributed by atoms with Crippen LogP contribution < -0.4 is 15.0 Å². The van der Waals surface area contributed by atoms with Crippen molar-refractivity contribution >= 4 is 72.6 Å². The van der Waals surface area contributed by atoms with Crippen molar-refractivity contribution in [2.24, 2.45) is 5.10 Å². The van der Waals surface area contributed by atoms with E-state index >= 15 is 0 Å². The van der Waals surface area contributed by atoms with E-state index in [4.69, 9.17) is 23.6 Å². The fraction of sp³-hybridized carbons (Fsp3) is 0.172. The maximum atomic E-state index is 13.6. The van der Waals surface area contributed by atoms with Crippen molar-refractivity contribution in [3.63, 3.8) is 0 Å². The first-order chi connectivity index (χ1) is 19.3. The van der Waals surface area contributed by atoms with Crippen LogP contribution in [0.1, 0.15) is 19.4 Å². The second kappa shape index (κ2) is 11.8. The standard InChI is InChI=1S/C29H23BrIN3O6/c1-4-38-24-12-17(11-21(31)26(24)39-16(2)29(36)37-3)15-32-34-27(33-22-8-6-5-7-20(22)28(34)35)25-14-18-13-19(30)9-10-23(18)40-25/h5-16H,4H2,1-3H3/t16-/m1/s1. The Morgan fingerprint density at radius 3 is 2.77 bits per heavy atom. The van der Waals surface area contributed by atoms with Crippen LogP contribution in [0.5, 0.6) is 11.5 Å². The molecular weight excluding hydrogens is 693 g/mol. The number of hydrogen-bond donors (Lipinski definition) is 0. The highest BCUT2D eigenvalue weighted by molar-refractivity contribution is 14.1. The molecule has 0 aliphatic heterocycles. The number of aromatic nitrogens is 2. The maximum absolute atomic E-state index is 13.6. The monoisotopic (exact) mass is 715 g/mol. The summed E-state index contributed by atoms with van der Waals surface area (Å²) in [6.45, 7) is 3.82. The van der Waals surface area contributed by atoms with Gasteiger partial charge in [0.2, 0.25) is 5.82 Å². The third-order valence-corrected chi connectivity index (χ3v) is 7.23. The largest absolute Gasteiger partial charge is 0.490 e. The normalized spacial score (nSPS) is 12.2. The lowest BCUT2D eigenvalue weighted by atomic mass is 10.2. The molecule has 0 saturated heterocycles. The summed E-state index contributed by atoms with van der Waals surface area (Å²) in [6, 6.07) is 18.1. The van der Waals surface area contributed by atoms with Crippen LogP contribution in [0, 0.1) is 3.57 Å². The van der Waals surface area contributed by atoms with Gasteiger partial charge in [0, 0.05) is 9.86 Å². The molecule has 0 N–H and O–H groups in total. The minimum absolute atomic E-state index is 0.263. The maximum Gasteiger partial charge on any atom is 0.346 e. The van der Waals surface area contributed by atoms with Gasteiger partial charge in [0.05, 0.1) is 34.4 Å². The van der Waals surface area contributed by atoms with Gasteiger partial charge in [-0.15, -0.1) is 0 Å². The highest BCUT2D eigenvalue weighted by Gasteiger charge is 2.21. The molecule has 1 atom stereocenters. The predicted molar refractivity (Wildman–Crippen MR) is 164 cm³/mol. The second-order valence-corrected chi connectivity index (χ2v) is 10.7. The van der Waals surface area contributed by atoms with Crippen LogP contribution in [-0.2, 0) is 9.53 Å². The van der Waals surface area contributed by atoms with Gasteiger partial charge < -0.3 is 18.6 Å². The molecule has 3 aromatic carbocycles. The van der Waals surface area contributed by atoms with E-state index in [0.717, 1.165) is 9.86 Å². The van der Waals surface area contributed by atoms with Gasteiger partial charge >= 0.3 is 5.97 Å². The molecule has 5 rings (SSSR count). The average Bonchev–Trinajstić information content (AvgIpc) is 3.37. The molecule has 0 amide bonds. The molecule has 2 heterocycles. The van der Waals surface area contributed by atoms with Crippen molar-refractivity contribution in [3.05, 3.63) is 84.6 Å². The van der Waals surface area contributed by atoms with E-state index in [0.29, 0.717) is 49.5 Å². The number of methoxy groups -OCH3 is 1. The molecule has 0 saturated carbocycles. The van der Waals surface area contributed by atoms with Crippen LogP contribution >= 0.6 is 38.5 Å². The summed E-state index contributed by atoms with van der Waals surface area (Å²) in [6.07, 6.45) is 0.713. The number of fused-ring (bicyclic) bond motifs is 2. The van der Waals surface area contributed by atoms with E-state index < -0.39 is 12.1 Å². The second-order valence-electron chi connectivity index (χ2n) is 8.65. The number of rotatable bonds is 8. The molecule has 0 bridgehead atoms. The molecular formula is C29H23BrIN3O6. The molecule has 5 aromatic rings. The number of furan rings is 1. The molecule has 11 heteroatoms. The fourth-order valence-corrected chi connectivity index (χ4v) is 5.20. The Morgan fingerprint density at radius 1 is 1.20 bits per heavy atom. The molecule has 0 aliphatic rings. The van der Waals surface area contributed by atoms with Gasteiger partial charge in [-0.05, 0) is 90.5 Å². The van der Waals surface area contributed by atoms with Gasteiger partial charge in [-0.2, -0.15) is 9.78 Å². The summed E-state index contributed by atoms with van der Waals surface area (Å²) in [5.74, 6) is 1.00. The van der Waals surface area contributed by atoms with Gasteiger partial charge in [-0.25, -0.2) is 9.78 Å². The Labute approximate surface area is 251 Å². The molecule has 204 valence electrons. The predicted octanol–water partition coefficient (Wildman–Crippen LogP) is 6.40. The van der Waals surface area contributed by atoms with E-state index in [2.05, 4.69) is 43.6 Å². The van der Waals surface area contributed by atoms with Crippen LogP contribution in [0.25, 0.3) is 33.5 Å². The van der Waals surface area contributed by atoms with Crippen molar-refractivity contribution in [3.8, 4) is 23.1 Å².